The predicted octanol–water partition coefficient (Wildman–Crippen LogP) is 4.41. The molecule has 2 unspecified atom stereocenters. The van der Waals surface area contributed by atoms with Crippen LogP contribution in [0.25, 0.3) is 0 Å². The van der Waals surface area contributed by atoms with E-state index in [1.807, 2.05) is 13.8 Å². The summed E-state index contributed by atoms with van der Waals surface area (Å²) in [5.74, 6) is -1.30. The van der Waals surface area contributed by atoms with Gasteiger partial charge >= 0.3 is 12.4 Å². The fraction of sp³-hybridized carbons (Fsp3) is 0.529. The molecule has 142 valence electrons. The normalized spacial score (nSPS) is 25.5. The van der Waals surface area contributed by atoms with Crippen molar-refractivity contribution in [3.63, 3.8) is 0 Å². The van der Waals surface area contributed by atoms with Gasteiger partial charge in [0.05, 0.1) is 28.8 Å². The van der Waals surface area contributed by atoms with E-state index in [1.54, 1.807) is 0 Å². The van der Waals surface area contributed by atoms with Crippen molar-refractivity contribution in [2.45, 2.75) is 45.1 Å². The standard InChI is InChI=1S/C17H16F6N2O/c1-15(2)6-11-13(12(26)7-15)14(25-24-11)9-5-8(16(18,19)20)3-4-10(9)17(21,22)23/h3-5,11,13,24H,6-7H2,1-2H3. The number of nitrogens with zero attached hydrogens (tertiary/aromatic N) is 1. The first-order chi connectivity index (χ1) is 11.8. The van der Waals surface area contributed by atoms with Crippen LogP contribution in [0.5, 0.6) is 0 Å². The average Bonchev–Trinajstić information content (AvgIpc) is 2.87. The van der Waals surface area contributed by atoms with Gasteiger partial charge in [-0.25, -0.2) is 0 Å². The zero-order chi connectivity index (χ0) is 19.5. The first-order valence-electron chi connectivity index (χ1n) is 7.94. The first kappa shape index (κ1) is 18.7. The molecule has 3 nitrogen and oxygen atoms in total. The van der Waals surface area contributed by atoms with Gasteiger partial charge in [-0.05, 0) is 30.0 Å². The van der Waals surface area contributed by atoms with E-state index < -0.39 is 41.0 Å². The summed E-state index contributed by atoms with van der Waals surface area (Å²) < 4.78 is 79.0. The maximum absolute atomic E-state index is 13.3. The SMILES string of the molecule is CC1(C)CC(=O)C2C(c3cc(C(F)(F)F)ccc3C(F)(F)F)=NNC2C1. The maximum atomic E-state index is 13.3. The number of alkyl halides is 6. The third-order valence-corrected chi connectivity index (χ3v) is 4.75. The Bertz CT molecular complexity index is 778. The number of hydrazone groups is 1. The lowest BCUT2D eigenvalue weighted by Crippen LogP contribution is -2.45. The number of carbonyl (C=O) groups is 1. The molecule has 1 aliphatic carbocycles. The summed E-state index contributed by atoms with van der Waals surface area (Å²) in [6.07, 6.45) is -9.05. The molecule has 3 rings (SSSR count). The summed E-state index contributed by atoms with van der Waals surface area (Å²) in [5, 5.41) is 3.84. The largest absolute Gasteiger partial charge is 0.417 e. The highest BCUT2D eigenvalue weighted by Crippen LogP contribution is 2.43. The molecule has 2 aliphatic rings. The molecule has 0 aromatic heterocycles. The Morgan fingerprint density at radius 3 is 2.35 bits per heavy atom. The van der Waals surface area contributed by atoms with Gasteiger partial charge < -0.3 is 5.43 Å². The van der Waals surface area contributed by atoms with Crippen molar-refractivity contribution in [1.82, 2.24) is 5.43 Å². The molecule has 1 saturated carbocycles. The van der Waals surface area contributed by atoms with E-state index in [0.717, 1.165) is 0 Å². The van der Waals surface area contributed by atoms with Crippen molar-refractivity contribution in [2.24, 2.45) is 16.4 Å². The Kier molecular flexibility index (Phi) is 4.12. The third-order valence-electron chi connectivity index (χ3n) is 4.75. The fourth-order valence-electron chi connectivity index (χ4n) is 3.68. The van der Waals surface area contributed by atoms with Crippen LogP contribution in [0.15, 0.2) is 23.3 Å². The van der Waals surface area contributed by atoms with Gasteiger partial charge in [-0.3, -0.25) is 4.79 Å². The van der Waals surface area contributed by atoms with Gasteiger partial charge in [-0.2, -0.15) is 31.4 Å². The van der Waals surface area contributed by atoms with Crippen molar-refractivity contribution in [1.29, 1.82) is 0 Å². The number of ketones is 1. The maximum Gasteiger partial charge on any atom is 0.417 e. The molecule has 1 heterocycles. The van der Waals surface area contributed by atoms with Crippen molar-refractivity contribution < 1.29 is 31.1 Å². The second kappa shape index (κ2) is 5.72. The monoisotopic (exact) mass is 378 g/mol. The molecule has 0 spiro atoms. The van der Waals surface area contributed by atoms with Crippen molar-refractivity contribution in [3.8, 4) is 0 Å². The van der Waals surface area contributed by atoms with Crippen LogP contribution in [0.1, 0.15) is 43.4 Å². The van der Waals surface area contributed by atoms with Crippen LogP contribution in [-0.2, 0) is 17.1 Å². The lowest BCUT2D eigenvalue weighted by atomic mass is 9.68. The molecule has 1 fully saturated rings. The Hall–Kier alpha value is -2.06. The van der Waals surface area contributed by atoms with Gasteiger partial charge in [0.15, 0.2) is 0 Å². The highest BCUT2D eigenvalue weighted by atomic mass is 19.4. The zero-order valence-corrected chi connectivity index (χ0v) is 13.9. The first-order valence-corrected chi connectivity index (χ1v) is 7.94. The predicted molar refractivity (Wildman–Crippen MR) is 81.4 cm³/mol. The Labute approximate surface area is 145 Å². The number of carbonyl (C=O) groups excluding carboxylic acids is 1. The molecule has 1 aromatic carbocycles. The molecular weight excluding hydrogens is 362 g/mol. The topological polar surface area (TPSA) is 41.5 Å². The Morgan fingerprint density at radius 1 is 1.12 bits per heavy atom. The van der Waals surface area contributed by atoms with Gasteiger partial charge in [0.1, 0.15) is 5.78 Å². The van der Waals surface area contributed by atoms with E-state index in [2.05, 4.69) is 10.5 Å². The summed E-state index contributed by atoms with van der Waals surface area (Å²) in [4.78, 5) is 12.5. The van der Waals surface area contributed by atoms with Gasteiger partial charge in [-0.15, -0.1) is 0 Å². The van der Waals surface area contributed by atoms with Crippen LogP contribution < -0.4 is 5.43 Å². The van der Waals surface area contributed by atoms with E-state index in [9.17, 15) is 31.1 Å². The molecule has 0 amide bonds. The van der Waals surface area contributed by atoms with Gasteiger partial charge in [-0.1, -0.05) is 13.8 Å². The molecule has 9 heteroatoms. The molecule has 1 aliphatic heterocycles. The lowest BCUT2D eigenvalue weighted by Gasteiger charge is -2.36. The summed E-state index contributed by atoms with van der Waals surface area (Å²) >= 11 is 0. The van der Waals surface area contributed by atoms with Crippen molar-refractivity contribution in [2.75, 3.05) is 0 Å². The Balaban J connectivity index is 2.10. The Morgan fingerprint density at radius 2 is 1.77 bits per heavy atom. The highest BCUT2D eigenvalue weighted by molar-refractivity contribution is 6.16. The van der Waals surface area contributed by atoms with Crippen molar-refractivity contribution >= 4 is 11.5 Å². The molecule has 0 bridgehead atoms. The quantitative estimate of drug-likeness (QED) is 0.736. The van der Waals surface area contributed by atoms with Crippen LogP contribution in [0.4, 0.5) is 26.3 Å². The summed E-state index contributed by atoms with van der Waals surface area (Å²) in [6, 6.07) is 0.694. The van der Waals surface area contributed by atoms with Crippen LogP contribution in [-0.4, -0.2) is 17.5 Å². The summed E-state index contributed by atoms with van der Waals surface area (Å²) in [7, 11) is 0. The number of rotatable bonds is 1. The van der Waals surface area contributed by atoms with Gasteiger partial charge in [0.2, 0.25) is 0 Å². The number of nitrogens with one attached hydrogen (secondary N) is 1. The number of fused-ring (bicyclic) bond motifs is 1. The van der Waals surface area contributed by atoms with E-state index in [4.69, 9.17) is 0 Å². The summed E-state index contributed by atoms with van der Waals surface area (Å²) in [5.41, 5.74) is -1.11. The number of benzene rings is 1. The molecule has 0 radical (unpaired) electrons. The fourth-order valence-corrected chi connectivity index (χ4v) is 3.68. The second-order valence-electron chi connectivity index (χ2n) is 7.48. The average molecular weight is 378 g/mol. The molecule has 26 heavy (non-hydrogen) atoms. The molecule has 1 N–H and O–H groups in total. The smallest absolute Gasteiger partial charge is 0.306 e. The van der Waals surface area contributed by atoms with Crippen LogP contribution in [0.2, 0.25) is 0 Å². The second-order valence-corrected chi connectivity index (χ2v) is 7.48. The van der Waals surface area contributed by atoms with Gasteiger partial charge in [0.25, 0.3) is 0 Å². The van der Waals surface area contributed by atoms with Crippen LogP contribution in [0, 0.1) is 11.3 Å². The van der Waals surface area contributed by atoms with Crippen LogP contribution in [0.3, 0.4) is 0 Å². The van der Waals surface area contributed by atoms with Gasteiger partial charge in [0, 0.05) is 12.0 Å². The number of halogens is 6. The minimum Gasteiger partial charge on any atom is -0.306 e. The molecular formula is C17H16F6N2O. The van der Waals surface area contributed by atoms with Crippen LogP contribution >= 0.6 is 0 Å². The zero-order valence-electron chi connectivity index (χ0n) is 13.9. The van der Waals surface area contributed by atoms with E-state index in [-0.39, 0.29) is 23.3 Å². The molecule has 2 atom stereocenters. The van der Waals surface area contributed by atoms with E-state index in [1.165, 1.54) is 0 Å². The summed E-state index contributed by atoms with van der Waals surface area (Å²) in [6.45, 7) is 3.71. The minimum absolute atomic E-state index is 0.134. The number of hydrogen-bond donors (Lipinski definition) is 1. The lowest BCUT2D eigenvalue weighted by molar-refractivity contribution is -0.141. The number of Topliss-reactive ketones (excluding diaryl/α,β-unsaturated/α-hetero) is 1. The number of hydrogen-bond acceptors (Lipinski definition) is 3. The third kappa shape index (κ3) is 3.31. The minimum atomic E-state index is -4.86. The highest BCUT2D eigenvalue weighted by Gasteiger charge is 2.48. The molecule has 0 saturated heterocycles. The van der Waals surface area contributed by atoms with E-state index in [0.29, 0.717) is 24.6 Å². The van der Waals surface area contributed by atoms with Crippen molar-refractivity contribution in [3.05, 3.63) is 34.9 Å². The van der Waals surface area contributed by atoms with E-state index >= 15 is 0 Å². The molecule has 1 aromatic rings.